The lowest BCUT2D eigenvalue weighted by molar-refractivity contribution is 0.252. The largest absolute Gasteiger partial charge is 0.307 e. The third-order valence-corrected chi connectivity index (χ3v) is 3.78. The molecule has 0 aliphatic heterocycles. The molecule has 3 nitrogen and oxygen atoms in total. The van der Waals surface area contributed by atoms with Crippen LogP contribution >= 0.6 is 0 Å². The first-order valence-corrected chi connectivity index (χ1v) is 6.33. The highest BCUT2D eigenvalue weighted by atomic mass is 15.3. The maximum Gasteiger partial charge on any atom is 0.0638 e. The van der Waals surface area contributed by atoms with Gasteiger partial charge in [0.1, 0.15) is 0 Å². The predicted molar refractivity (Wildman–Crippen MR) is 66.3 cm³/mol. The van der Waals surface area contributed by atoms with Gasteiger partial charge in [0.25, 0.3) is 0 Å². The Morgan fingerprint density at radius 3 is 2.62 bits per heavy atom. The molecular weight excluding hydrogens is 198 g/mol. The Kier molecular flexibility index (Phi) is 3.33. The zero-order valence-corrected chi connectivity index (χ0v) is 10.7. The summed E-state index contributed by atoms with van der Waals surface area (Å²) in [6, 6.07) is 0. The van der Waals surface area contributed by atoms with Gasteiger partial charge in [-0.1, -0.05) is 19.3 Å². The molecule has 0 aromatic carbocycles. The van der Waals surface area contributed by atoms with E-state index in [1.807, 2.05) is 11.7 Å². The van der Waals surface area contributed by atoms with E-state index >= 15 is 0 Å². The number of aromatic nitrogens is 2. The van der Waals surface area contributed by atoms with Crippen LogP contribution in [0, 0.1) is 6.92 Å². The lowest BCUT2D eigenvalue weighted by Crippen LogP contribution is -2.43. The van der Waals surface area contributed by atoms with Crippen LogP contribution in [-0.2, 0) is 13.6 Å². The van der Waals surface area contributed by atoms with Crippen LogP contribution in [0.3, 0.4) is 0 Å². The molecule has 3 heteroatoms. The van der Waals surface area contributed by atoms with E-state index in [9.17, 15) is 0 Å². The molecular formula is C13H23N3. The number of nitrogens with one attached hydrogen (secondary N) is 1. The summed E-state index contributed by atoms with van der Waals surface area (Å²) in [5.41, 5.74) is 2.82. The van der Waals surface area contributed by atoms with Crippen LogP contribution in [0.2, 0.25) is 0 Å². The van der Waals surface area contributed by atoms with E-state index in [1.54, 1.807) is 0 Å². The van der Waals surface area contributed by atoms with Crippen LogP contribution in [0.1, 0.15) is 50.3 Å². The molecule has 0 radical (unpaired) electrons. The van der Waals surface area contributed by atoms with Crippen LogP contribution in [0.4, 0.5) is 0 Å². The number of nitrogens with zero attached hydrogens (tertiary/aromatic N) is 2. The Morgan fingerprint density at radius 1 is 1.38 bits per heavy atom. The minimum absolute atomic E-state index is 0.348. The van der Waals surface area contributed by atoms with Gasteiger partial charge < -0.3 is 5.32 Å². The molecule has 0 bridgehead atoms. The summed E-state index contributed by atoms with van der Waals surface area (Å²) in [4.78, 5) is 0. The van der Waals surface area contributed by atoms with Crippen molar-refractivity contribution >= 4 is 0 Å². The fourth-order valence-corrected chi connectivity index (χ4v) is 2.64. The lowest BCUT2D eigenvalue weighted by Gasteiger charge is -2.34. The summed E-state index contributed by atoms with van der Waals surface area (Å²) >= 11 is 0. The second kappa shape index (κ2) is 4.58. The number of hydrogen-bond donors (Lipinski definition) is 1. The van der Waals surface area contributed by atoms with Crippen LogP contribution in [0.15, 0.2) is 6.20 Å². The minimum atomic E-state index is 0.348. The fraction of sp³-hybridized carbons (Fsp3) is 0.769. The molecule has 1 heterocycles. The fourth-order valence-electron chi connectivity index (χ4n) is 2.64. The predicted octanol–water partition coefficient (Wildman–Crippen LogP) is 2.54. The molecule has 0 amide bonds. The van der Waals surface area contributed by atoms with E-state index in [0.717, 1.165) is 12.2 Å². The van der Waals surface area contributed by atoms with Gasteiger partial charge in [-0.2, -0.15) is 5.10 Å². The maximum absolute atomic E-state index is 4.37. The highest BCUT2D eigenvalue weighted by Gasteiger charge is 2.25. The van der Waals surface area contributed by atoms with Crippen molar-refractivity contribution in [3.63, 3.8) is 0 Å². The average molecular weight is 221 g/mol. The van der Waals surface area contributed by atoms with E-state index in [1.165, 1.54) is 37.7 Å². The highest BCUT2D eigenvalue weighted by Crippen LogP contribution is 2.27. The Balaban J connectivity index is 1.93. The van der Waals surface area contributed by atoms with Gasteiger partial charge in [-0.3, -0.25) is 4.68 Å². The average Bonchev–Trinajstić information content (AvgIpc) is 2.56. The Labute approximate surface area is 98.2 Å². The molecule has 0 saturated heterocycles. The highest BCUT2D eigenvalue weighted by molar-refractivity contribution is 5.15. The molecule has 1 aromatic rings. The van der Waals surface area contributed by atoms with Crippen molar-refractivity contribution in [2.24, 2.45) is 7.05 Å². The maximum atomic E-state index is 4.37. The zero-order chi connectivity index (χ0) is 11.6. The van der Waals surface area contributed by atoms with Gasteiger partial charge in [0.05, 0.1) is 5.69 Å². The first-order chi connectivity index (χ1) is 7.59. The van der Waals surface area contributed by atoms with E-state index in [2.05, 4.69) is 30.5 Å². The van der Waals surface area contributed by atoms with E-state index in [4.69, 9.17) is 0 Å². The summed E-state index contributed by atoms with van der Waals surface area (Å²) in [7, 11) is 1.98. The van der Waals surface area contributed by atoms with Gasteiger partial charge in [0.2, 0.25) is 0 Å². The summed E-state index contributed by atoms with van der Waals surface area (Å²) in [6.45, 7) is 5.40. The number of rotatable bonds is 3. The van der Waals surface area contributed by atoms with Gasteiger partial charge in [-0.15, -0.1) is 0 Å². The van der Waals surface area contributed by atoms with Gasteiger partial charge in [0.15, 0.2) is 0 Å². The van der Waals surface area contributed by atoms with Gasteiger partial charge in [-0.25, -0.2) is 0 Å². The lowest BCUT2D eigenvalue weighted by atomic mass is 9.83. The summed E-state index contributed by atoms with van der Waals surface area (Å²) in [5, 5.41) is 8.09. The Hall–Kier alpha value is -0.830. The molecule has 1 aliphatic carbocycles. The van der Waals surface area contributed by atoms with Gasteiger partial charge in [0, 0.05) is 30.9 Å². The Morgan fingerprint density at radius 2 is 2.06 bits per heavy atom. The standard InChI is InChI=1S/C13H23N3/c1-11-12(10-16(3)15-11)9-14-13(2)7-5-4-6-8-13/h10,14H,4-9H2,1-3H3. The molecule has 1 fully saturated rings. The van der Waals surface area contributed by atoms with Crippen molar-refractivity contribution in [2.45, 2.75) is 58.0 Å². The van der Waals surface area contributed by atoms with E-state index in [0.29, 0.717) is 5.54 Å². The summed E-state index contributed by atoms with van der Waals surface area (Å²) < 4.78 is 1.90. The third-order valence-electron chi connectivity index (χ3n) is 3.78. The zero-order valence-electron chi connectivity index (χ0n) is 10.7. The van der Waals surface area contributed by atoms with Crippen LogP contribution < -0.4 is 5.32 Å². The molecule has 0 spiro atoms. The molecule has 2 rings (SSSR count). The summed E-state index contributed by atoms with van der Waals surface area (Å²) in [6.07, 6.45) is 8.89. The number of aryl methyl sites for hydroxylation is 2. The van der Waals surface area contributed by atoms with Gasteiger partial charge >= 0.3 is 0 Å². The van der Waals surface area contributed by atoms with Crippen molar-refractivity contribution in [1.82, 2.24) is 15.1 Å². The molecule has 1 aliphatic rings. The number of hydrogen-bond acceptors (Lipinski definition) is 2. The van der Waals surface area contributed by atoms with Crippen molar-refractivity contribution < 1.29 is 0 Å². The normalized spacial score (nSPS) is 19.9. The first kappa shape index (κ1) is 11.6. The van der Waals surface area contributed by atoms with Crippen molar-refractivity contribution in [2.75, 3.05) is 0 Å². The molecule has 0 atom stereocenters. The van der Waals surface area contributed by atoms with Crippen molar-refractivity contribution in [3.8, 4) is 0 Å². The molecule has 1 saturated carbocycles. The molecule has 1 N–H and O–H groups in total. The van der Waals surface area contributed by atoms with Gasteiger partial charge in [-0.05, 0) is 26.7 Å². The molecule has 90 valence electrons. The minimum Gasteiger partial charge on any atom is -0.307 e. The third kappa shape index (κ3) is 2.64. The quantitative estimate of drug-likeness (QED) is 0.850. The van der Waals surface area contributed by atoms with E-state index < -0.39 is 0 Å². The second-order valence-corrected chi connectivity index (χ2v) is 5.39. The second-order valence-electron chi connectivity index (χ2n) is 5.39. The topological polar surface area (TPSA) is 29.9 Å². The molecule has 0 unspecified atom stereocenters. The molecule has 1 aromatic heterocycles. The van der Waals surface area contributed by atoms with Crippen molar-refractivity contribution in [3.05, 3.63) is 17.5 Å². The smallest absolute Gasteiger partial charge is 0.0638 e. The van der Waals surface area contributed by atoms with E-state index in [-0.39, 0.29) is 0 Å². The summed E-state index contributed by atoms with van der Waals surface area (Å²) in [5.74, 6) is 0. The SMILES string of the molecule is Cc1nn(C)cc1CNC1(C)CCCCC1. The van der Waals surface area contributed by atoms with Crippen molar-refractivity contribution in [1.29, 1.82) is 0 Å². The Bertz CT molecular complexity index is 348. The van der Waals surface area contributed by atoms with Crippen LogP contribution in [0.25, 0.3) is 0 Å². The molecule has 16 heavy (non-hydrogen) atoms. The van der Waals surface area contributed by atoms with Crippen LogP contribution in [0.5, 0.6) is 0 Å². The monoisotopic (exact) mass is 221 g/mol. The van der Waals surface area contributed by atoms with Crippen LogP contribution in [-0.4, -0.2) is 15.3 Å². The first-order valence-electron chi connectivity index (χ1n) is 6.33.